The van der Waals surface area contributed by atoms with Gasteiger partial charge < -0.3 is 14.4 Å². The molecule has 0 spiro atoms. The lowest BCUT2D eigenvalue weighted by Gasteiger charge is -2.29. The van der Waals surface area contributed by atoms with Crippen molar-refractivity contribution in [2.75, 3.05) is 11.6 Å². The van der Waals surface area contributed by atoms with Crippen molar-refractivity contribution in [2.45, 2.75) is 32.9 Å². The van der Waals surface area contributed by atoms with Gasteiger partial charge in [-0.15, -0.1) is 0 Å². The number of carbonyl (C=O) groups excluding carboxylic acids is 1. The van der Waals surface area contributed by atoms with Gasteiger partial charge in [-0.1, -0.05) is 19.1 Å². The second-order valence-corrected chi connectivity index (χ2v) is 7.95. The molecule has 0 bridgehead atoms. The Morgan fingerprint density at radius 1 is 1.18 bits per heavy atom. The molecule has 1 unspecified atom stereocenters. The Morgan fingerprint density at radius 3 is 2.50 bits per heavy atom. The van der Waals surface area contributed by atoms with Crippen LogP contribution in [0.25, 0.3) is 0 Å². The van der Waals surface area contributed by atoms with Gasteiger partial charge in [-0.25, -0.2) is 13.6 Å². The molecule has 0 radical (unpaired) electrons. The van der Waals surface area contributed by atoms with Crippen molar-refractivity contribution in [3.8, 4) is 5.75 Å². The van der Waals surface area contributed by atoms with E-state index in [1.807, 2.05) is 13.8 Å². The molecule has 28 heavy (non-hydrogen) atoms. The number of rotatable bonds is 7. The SMILES string of the molecule is CCC(C)N(Cc1cccc(OS(C)(=O)=O)c1)C(=O)Nc1ccc(F)c(F)c1. The van der Waals surface area contributed by atoms with Crippen LogP contribution in [0.2, 0.25) is 0 Å². The Kier molecular flexibility index (Phi) is 6.95. The van der Waals surface area contributed by atoms with Crippen LogP contribution in [-0.4, -0.2) is 31.6 Å². The topological polar surface area (TPSA) is 75.7 Å². The van der Waals surface area contributed by atoms with Gasteiger partial charge in [0.2, 0.25) is 0 Å². The summed E-state index contributed by atoms with van der Waals surface area (Å²) < 4.78 is 53.9. The van der Waals surface area contributed by atoms with Crippen LogP contribution in [-0.2, 0) is 16.7 Å². The molecular weight excluding hydrogens is 390 g/mol. The van der Waals surface area contributed by atoms with Crippen LogP contribution < -0.4 is 9.50 Å². The Bertz CT molecular complexity index is 951. The third-order valence-corrected chi connectivity index (χ3v) is 4.55. The van der Waals surface area contributed by atoms with E-state index in [1.54, 1.807) is 12.1 Å². The third-order valence-electron chi connectivity index (χ3n) is 4.05. The summed E-state index contributed by atoms with van der Waals surface area (Å²) >= 11 is 0. The fourth-order valence-corrected chi connectivity index (χ4v) is 2.94. The van der Waals surface area contributed by atoms with E-state index in [4.69, 9.17) is 4.18 Å². The molecule has 2 aromatic carbocycles. The van der Waals surface area contributed by atoms with Crippen LogP contribution in [0.5, 0.6) is 5.75 Å². The molecule has 0 aliphatic heterocycles. The fourth-order valence-electron chi connectivity index (χ4n) is 2.48. The zero-order valence-electron chi connectivity index (χ0n) is 15.8. The predicted molar refractivity (Wildman–Crippen MR) is 103 cm³/mol. The van der Waals surface area contributed by atoms with Crippen LogP contribution in [0.4, 0.5) is 19.3 Å². The molecule has 0 saturated carbocycles. The average molecular weight is 412 g/mol. The first-order chi connectivity index (χ1) is 13.1. The highest BCUT2D eigenvalue weighted by atomic mass is 32.2. The number of benzene rings is 2. The molecule has 6 nitrogen and oxygen atoms in total. The molecule has 0 aromatic heterocycles. The van der Waals surface area contributed by atoms with E-state index < -0.39 is 27.8 Å². The van der Waals surface area contributed by atoms with E-state index in [0.29, 0.717) is 12.0 Å². The highest BCUT2D eigenvalue weighted by molar-refractivity contribution is 7.86. The van der Waals surface area contributed by atoms with E-state index >= 15 is 0 Å². The van der Waals surface area contributed by atoms with Gasteiger partial charge in [0.25, 0.3) is 0 Å². The quantitative estimate of drug-likeness (QED) is 0.694. The van der Waals surface area contributed by atoms with Crippen molar-refractivity contribution in [3.63, 3.8) is 0 Å². The van der Waals surface area contributed by atoms with Crippen LogP contribution in [0.1, 0.15) is 25.8 Å². The summed E-state index contributed by atoms with van der Waals surface area (Å²) in [4.78, 5) is 14.2. The number of nitrogens with one attached hydrogen (secondary N) is 1. The normalized spacial score (nSPS) is 12.3. The Balaban J connectivity index is 2.20. The Morgan fingerprint density at radius 2 is 1.89 bits per heavy atom. The van der Waals surface area contributed by atoms with Gasteiger partial charge in [-0.3, -0.25) is 0 Å². The third kappa shape index (κ3) is 6.19. The Hall–Kier alpha value is -2.68. The van der Waals surface area contributed by atoms with E-state index in [-0.39, 0.29) is 24.0 Å². The van der Waals surface area contributed by atoms with Crippen LogP contribution in [0, 0.1) is 11.6 Å². The molecule has 0 aliphatic rings. The van der Waals surface area contributed by atoms with Crippen molar-refractivity contribution in [3.05, 3.63) is 59.7 Å². The van der Waals surface area contributed by atoms with Crippen LogP contribution in [0.15, 0.2) is 42.5 Å². The van der Waals surface area contributed by atoms with Crippen molar-refractivity contribution < 1.29 is 26.2 Å². The minimum Gasteiger partial charge on any atom is -0.383 e. The Labute approximate surface area is 163 Å². The highest BCUT2D eigenvalue weighted by Crippen LogP contribution is 2.20. The lowest BCUT2D eigenvalue weighted by Crippen LogP contribution is -2.40. The lowest BCUT2D eigenvalue weighted by atomic mass is 10.1. The number of urea groups is 1. The van der Waals surface area contributed by atoms with Gasteiger partial charge in [0.15, 0.2) is 11.6 Å². The number of carbonyl (C=O) groups is 1. The zero-order valence-corrected chi connectivity index (χ0v) is 16.6. The van der Waals surface area contributed by atoms with Gasteiger partial charge in [0, 0.05) is 24.3 Å². The maximum Gasteiger partial charge on any atom is 0.322 e. The first-order valence-electron chi connectivity index (χ1n) is 8.60. The number of hydrogen-bond acceptors (Lipinski definition) is 4. The summed E-state index contributed by atoms with van der Waals surface area (Å²) in [7, 11) is -3.67. The average Bonchev–Trinajstić information content (AvgIpc) is 2.61. The summed E-state index contributed by atoms with van der Waals surface area (Å²) in [6.07, 6.45) is 1.60. The molecule has 0 fully saturated rings. The minimum absolute atomic E-state index is 0.131. The molecule has 1 N–H and O–H groups in total. The van der Waals surface area contributed by atoms with Crippen molar-refractivity contribution in [1.29, 1.82) is 0 Å². The lowest BCUT2D eigenvalue weighted by molar-refractivity contribution is 0.187. The highest BCUT2D eigenvalue weighted by Gasteiger charge is 2.20. The van der Waals surface area contributed by atoms with E-state index in [2.05, 4.69) is 5.32 Å². The minimum atomic E-state index is -3.67. The van der Waals surface area contributed by atoms with Crippen molar-refractivity contribution in [1.82, 2.24) is 4.90 Å². The number of halogens is 2. The second kappa shape index (κ2) is 9.01. The van der Waals surface area contributed by atoms with Crippen LogP contribution in [0.3, 0.4) is 0 Å². The molecule has 2 rings (SSSR count). The van der Waals surface area contributed by atoms with Crippen molar-refractivity contribution in [2.24, 2.45) is 0 Å². The van der Waals surface area contributed by atoms with Gasteiger partial charge in [0.05, 0.1) is 6.26 Å². The van der Waals surface area contributed by atoms with Crippen LogP contribution >= 0.6 is 0 Å². The summed E-state index contributed by atoms with van der Waals surface area (Å²) in [5, 5.41) is 2.55. The smallest absolute Gasteiger partial charge is 0.322 e. The predicted octanol–water partition coefficient (Wildman–Crippen LogP) is 4.14. The molecular formula is C19H22F2N2O4S. The second-order valence-electron chi connectivity index (χ2n) is 6.38. The van der Waals surface area contributed by atoms with Gasteiger partial charge in [-0.05, 0) is 43.2 Å². The zero-order chi connectivity index (χ0) is 20.9. The number of amides is 2. The van der Waals surface area contributed by atoms with Gasteiger partial charge >= 0.3 is 16.1 Å². The molecule has 1 atom stereocenters. The molecule has 2 aromatic rings. The molecule has 0 saturated heterocycles. The van der Waals surface area contributed by atoms with E-state index in [0.717, 1.165) is 18.4 Å². The number of nitrogens with zero attached hydrogens (tertiary/aromatic N) is 1. The first-order valence-corrected chi connectivity index (χ1v) is 10.4. The summed E-state index contributed by atoms with van der Waals surface area (Å²) in [5.41, 5.74) is 0.785. The maximum absolute atomic E-state index is 13.4. The summed E-state index contributed by atoms with van der Waals surface area (Å²) in [6, 6.07) is 8.84. The molecule has 2 amide bonds. The largest absolute Gasteiger partial charge is 0.383 e. The monoisotopic (exact) mass is 412 g/mol. The van der Waals surface area contributed by atoms with Gasteiger partial charge in [-0.2, -0.15) is 8.42 Å². The molecule has 0 aliphatic carbocycles. The fraction of sp³-hybridized carbons (Fsp3) is 0.316. The standard InChI is InChI=1S/C19H22F2N2O4S/c1-4-13(2)23(19(24)22-15-8-9-17(20)18(21)11-15)12-14-6-5-7-16(10-14)27-28(3,25)26/h5-11,13H,4,12H2,1-3H3,(H,22,24). The van der Waals surface area contributed by atoms with E-state index in [1.165, 1.54) is 23.1 Å². The van der Waals surface area contributed by atoms with E-state index in [9.17, 15) is 22.0 Å². The number of hydrogen-bond donors (Lipinski definition) is 1. The van der Waals surface area contributed by atoms with Gasteiger partial charge in [0.1, 0.15) is 5.75 Å². The number of anilines is 1. The van der Waals surface area contributed by atoms with Crippen molar-refractivity contribution >= 4 is 21.8 Å². The summed E-state index contributed by atoms with van der Waals surface area (Å²) in [5.74, 6) is -1.91. The molecule has 9 heteroatoms. The maximum atomic E-state index is 13.4. The summed E-state index contributed by atoms with van der Waals surface area (Å²) in [6.45, 7) is 3.93. The molecule has 152 valence electrons. The molecule has 0 heterocycles. The first kappa shape index (κ1) is 21.6.